The van der Waals surface area contributed by atoms with E-state index in [1.54, 1.807) is 0 Å². The van der Waals surface area contributed by atoms with E-state index >= 15 is 0 Å². The Labute approximate surface area is 129 Å². The molecule has 3 unspecified atom stereocenters. The lowest BCUT2D eigenvalue weighted by Gasteiger charge is -2.42. The molecule has 2 rings (SSSR count). The van der Waals surface area contributed by atoms with Gasteiger partial charge in [0, 0.05) is 44.2 Å². The molecule has 0 saturated carbocycles. The molecule has 124 valence electrons. The summed E-state index contributed by atoms with van der Waals surface area (Å²) in [5, 5.41) is 13.6. The zero-order chi connectivity index (χ0) is 15.3. The predicted octanol–water partition coefficient (Wildman–Crippen LogP) is 0.390. The van der Waals surface area contributed by atoms with Crippen molar-refractivity contribution in [2.24, 2.45) is 5.41 Å². The first kappa shape index (κ1) is 17.2. The van der Waals surface area contributed by atoms with E-state index in [1.165, 1.54) is 6.42 Å². The van der Waals surface area contributed by atoms with Crippen LogP contribution in [0.4, 0.5) is 0 Å². The highest BCUT2D eigenvalue weighted by atomic mass is 16.5. The summed E-state index contributed by atoms with van der Waals surface area (Å²) in [4.78, 5) is 4.72. The minimum atomic E-state index is -0.171. The lowest BCUT2D eigenvalue weighted by molar-refractivity contribution is -0.0299. The van der Waals surface area contributed by atoms with Gasteiger partial charge in [-0.3, -0.25) is 4.90 Å². The van der Waals surface area contributed by atoms with E-state index in [0.717, 1.165) is 58.8 Å². The highest BCUT2D eigenvalue weighted by Gasteiger charge is 2.39. The molecule has 5 nitrogen and oxygen atoms in total. The second-order valence-electron chi connectivity index (χ2n) is 7.17. The first-order valence-electron chi connectivity index (χ1n) is 8.40. The summed E-state index contributed by atoms with van der Waals surface area (Å²) in [5.74, 6) is 0. The standard InChI is InChI=1S/C16H33N3O2/c1-4-17-11-16(6-5-7-21-13-16)12-19-10-15(20)8-14(19)9-18(2)3/h14-15,17,20H,4-13H2,1-3H3. The molecule has 5 heteroatoms. The van der Waals surface area contributed by atoms with E-state index in [1.807, 2.05) is 0 Å². The number of hydrogen-bond donors (Lipinski definition) is 2. The number of likely N-dealkylation sites (N-methyl/N-ethyl adjacent to an activating group) is 1. The zero-order valence-electron chi connectivity index (χ0n) is 14.0. The lowest BCUT2D eigenvalue weighted by atomic mass is 9.81. The summed E-state index contributed by atoms with van der Waals surface area (Å²) >= 11 is 0. The molecule has 2 heterocycles. The van der Waals surface area contributed by atoms with Gasteiger partial charge in [-0.25, -0.2) is 0 Å². The summed E-state index contributed by atoms with van der Waals surface area (Å²) in [6, 6.07) is 0.468. The molecule has 0 bridgehead atoms. The Morgan fingerprint density at radius 1 is 1.43 bits per heavy atom. The van der Waals surface area contributed by atoms with Crippen LogP contribution in [-0.2, 0) is 4.74 Å². The monoisotopic (exact) mass is 299 g/mol. The Morgan fingerprint density at radius 3 is 2.86 bits per heavy atom. The van der Waals surface area contributed by atoms with E-state index in [-0.39, 0.29) is 11.5 Å². The number of rotatable bonds is 7. The molecule has 0 aromatic rings. The van der Waals surface area contributed by atoms with Crippen LogP contribution < -0.4 is 5.32 Å². The van der Waals surface area contributed by atoms with Crippen LogP contribution in [0.15, 0.2) is 0 Å². The topological polar surface area (TPSA) is 48.0 Å². The molecular weight excluding hydrogens is 266 g/mol. The van der Waals surface area contributed by atoms with Gasteiger partial charge in [-0.15, -0.1) is 0 Å². The van der Waals surface area contributed by atoms with Gasteiger partial charge in [0.1, 0.15) is 0 Å². The van der Waals surface area contributed by atoms with E-state index < -0.39 is 0 Å². The van der Waals surface area contributed by atoms with Crippen LogP contribution in [0, 0.1) is 5.41 Å². The molecule has 2 aliphatic rings. The van der Waals surface area contributed by atoms with Gasteiger partial charge in [0.15, 0.2) is 0 Å². The summed E-state index contributed by atoms with van der Waals surface area (Å²) in [6.07, 6.45) is 3.10. The third kappa shape index (κ3) is 4.89. The van der Waals surface area contributed by atoms with E-state index in [2.05, 4.69) is 36.1 Å². The molecule has 2 saturated heterocycles. The Morgan fingerprint density at radius 2 is 2.24 bits per heavy atom. The first-order valence-corrected chi connectivity index (χ1v) is 8.40. The molecule has 2 aliphatic heterocycles. The molecule has 3 atom stereocenters. The molecule has 2 fully saturated rings. The largest absolute Gasteiger partial charge is 0.392 e. The number of aliphatic hydroxyl groups is 1. The average Bonchev–Trinajstić information content (AvgIpc) is 2.76. The summed E-state index contributed by atoms with van der Waals surface area (Å²) in [5.41, 5.74) is 0.211. The highest BCUT2D eigenvalue weighted by molar-refractivity contribution is 4.94. The van der Waals surface area contributed by atoms with Crippen molar-refractivity contribution in [2.45, 2.75) is 38.3 Å². The smallest absolute Gasteiger partial charge is 0.0682 e. The molecular formula is C16H33N3O2. The third-order valence-electron chi connectivity index (χ3n) is 4.77. The van der Waals surface area contributed by atoms with Gasteiger partial charge < -0.3 is 20.1 Å². The maximum atomic E-state index is 10.1. The highest BCUT2D eigenvalue weighted by Crippen LogP contribution is 2.32. The van der Waals surface area contributed by atoms with Gasteiger partial charge in [-0.2, -0.15) is 0 Å². The van der Waals surface area contributed by atoms with Crippen molar-refractivity contribution in [3.63, 3.8) is 0 Å². The SMILES string of the molecule is CCNCC1(CN2CC(O)CC2CN(C)C)CCCOC1. The molecule has 2 N–H and O–H groups in total. The van der Waals surface area contributed by atoms with Crippen molar-refractivity contribution in [1.82, 2.24) is 15.1 Å². The van der Waals surface area contributed by atoms with Gasteiger partial charge in [0.2, 0.25) is 0 Å². The second kappa shape index (κ2) is 7.88. The van der Waals surface area contributed by atoms with E-state index in [4.69, 9.17) is 4.74 Å². The Bertz CT molecular complexity index is 306. The third-order valence-corrected chi connectivity index (χ3v) is 4.77. The minimum absolute atomic E-state index is 0.171. The fourth-order valence-electron chi connectivity index (χ4n) is 3.81. The van der Waals surface area contributed by atoms with Crippen LogP contribution in [0.1, 0.15) is 26.2 Å². The van der Waals surface area contributed by atoms with Crippen LogP contribution in [0.3, 0.4) is 0 Å². The number of ether oxygens (including phenoxy) is 1. The van der Waals surface area contributed by atoms with E-state index in [0.29, 0.717) is 6.04 Å². The van der Waals surface area contributed by atoms with Crippen molar-refractivity contribution in [3.05, 3.63) is 0 Å². The molecule has 0 amide bonds. The maximum Gasteiger partial charge on any atom is 0.0682 e. The van der Waals surface area contributed by atoms with Gasteiger partial charge >= 0.3 is 0 Å². The Hall–Kier alpha value is -0.200. The number of aliphatic hydroxyl groups excluding tert-OH is 1. The van der Waals surface area contributed by atoms with Crippen LogP contribution >= 0.6 is 0 Å². The number of nitrogens with zero attached hydrogens (tertiary/aromatic N) is 2. The van der Waals surface area contributed by atoms with Crippen molar-refractivity contribution in [2.75, 3.05) is 60.0 Å². The molecule has 0 radical (unpaired) electrons. The molecule has 0 spiro atoms. The lowest BCUT2D eigenvalue weighted by Crippen LogP contribution is -2.51. The van der Waals surface area contributed by atoms with Crippen molar-refractivity contribution < 1.29 is 9.84 Å². The molecule has 21 heavy (non-hydrogen) atoms. The summed E-state index contributed by atoms with van der Waals surface area (Å²) < 4.78 is 5.80. The first-order chi connectivity index (χ1) is 10.0. The Kier molecular flexibility index (Phi) is 6.44. The normalized spacial score (nSPS) is 34.7. The van der Waals surface area contributed by atoms with Crippen LogP contribution in [0.25, 0.3) is 0 Å². The van der Waals surface area contributed by atoms with Gasteiger partial charge in [-0.05, 0) is 39.9 Å². The average molecular weight is 299 g/mol. The summed E-state index contributed by atoms with van der Waals surface area (Å²) in [6.45, 7) is 8.80. The fraction of sp³-hybridized carbons (Fsp3) is 1.00. The number of β-amino-alcohol motifs (C(OH)–C–C–N with tert-alkyl or cyclic N) is 1. The second-order valence-corrected chi connectivity index (χ2v) is 7.17. The van der Waals surface area contributed by atoms with Gasteiger partial charge in [0.25, 0.3) is 0 Å². The number of nitrogens with one attached hydrogen (secondary N) is 1. The molecule has 0 aromatic carbocycles. The van der Waals surface area contributed by atoms with Gasteiger partial charge in [-0.1, -0.05) is 6.92 Å². The van der Waals surface area contributed by atoms with Crippen LogP contribution in [0.5, 0.6) is 0 Å². The maximum absolute atomic E-state index is 10.1. The van der Waals surface area contributed by atoms with E-state index in [9.17, 15) is 5.11 Å². The number of likely N-dealkylation sites (tertiary alicyclic amines) is 1. The molecule has 0 aromatic heterocycles. The van der Waals surface area contributed by atoms with Crippen molar-refractivity contribution >= 4 is 0 Å². The van der Waals surface area contributed by atoms with Gasteiger partial charge in [0.05, 0.1) is 12.7 Å². The van der Waals surface area contributed by atoms with Crippen LogP contribution in [0.2, 0.25) is 0 Å². The quantitative estimate of drug-likeness (QED) is 0.712. The van der Waals surface area contributed by atoms with Crippen LogP contribution in [-0.4, -0.2) is 87.1 Å². The Balaban J connectivity index is 2.00. The predicted molar refractivity (Wildman–Crippen MR) is 85.6 cm³/mol. The molecule has 0 aliphatic carbocycles. The summed E-state index contributed by atoms with van der Waals surface area (Å²) in [7, 11) is 4.22. The fourth-order valence-corrected chi connectivity index (χ4v) is 3.81. The number of hydrogen-bond acceptors (Lipinski definition) is 5. The zero-order valence-corrected chi connectivity index (χ0v) is 14.0. The van der Waals surface area contributed by atoms with Crippen molar-refractivity contribution in [1.29, 1.82) is 0 Å². The minimum Gasteiger partial charge on any atom is -0.392 e. The van der Waals surface area contributed by atoms with Crippen molar-refractivity contribution in [3.8, 4) is 0 Å².